The van der Waals surface area contributed by atoms with Crippen molar-refractivity contribution >= 4 is 5.78 Å². The Morgan fingerprint density at radius 1 is 1.71 bits per heavy atom. The van der Waals surface area contributed by atoms with Crippen LogP contribution in [0.1, 0.15) is 23.3 Å². The van der Waals surface area contributed by atoms with Crippen molar-refractivity contribution in [2.45, 2.75) is 12.6 Å². The molecule has 5 nitrogen and oxygen atoms in total. The SMILES string of the molecule is C=CCC(=O)c1nncn1C(O)C=C. The predicted molar refractivity (Wildman–Crippen MR) is 50.6 cm³/mol. The van der Waals surface area contributed by atoms with Crippen molar-refractivity contribution in [1.29, 1.82) is 0 Å². The number of nitrogens with zero attached hydrogens (tertiary/aromatic N) is 3. The summed E-state index contributed by atoms with van der Waals surface area (Å²) < 4.78 is 1.25. The molecule has 0 aliphatic rings. The number of hydrogen-bond donors (Lipinski definition) is 1. The van der Waals surface area contributed by atoms with Crippen molar-refractivity contribution in [3.63, 3.8) is 0 Å². The molecule has 0 aliphatic heterocycles. The first-order valence-electron chi connectivity index (χ1n) is 4.05. The average molecular weight is 193 g/mol. The number of rotatable bonds is 5. The van der Waals surface area contributed by atoms with E-state index in [0.717, 1.165) is 0 Å². The Labute approximate surface area is 81.4 Å². The minimum absolute atomic E-state index is 0.109. The highest BCUT2D eigenvalue weighted by Gasteiger charge is 2.15. The molecule has 1 N–H and O–H groups in total. The fraction of sp³-hybridized carbons (Fsp3) is 0.222. The molecule has 0 radical (unpaired) electrons. The van der Waals surface area contributed by atoms with Gasteiger partial charge in [-0.05, 0) is 6.08 Å². The summed E-state index contributed by atoms with van der Waals surface area (Å²) in [5.74, 6) is -0.129. The maximum Gasteiger partial charge on any atom is 0.204 e. The Morgan fingerprint density at radius 2 is 2.43 bits per heavy atom. The Balaban J connectivity index is 2.97. The highest BCUT2D eigenvalue weighted by Crippen LogP contribution is 2.08. The zero-order chi connectivity index (χ0) is 10.6. The summed E-state index contributed by atoms with van der Waals surface area (Å²) >= 11 is 0. The van der Waals surface area contributed by atoms with Crippen molar-refractivity contribution in [1.82, 2.24) is 14.8 Å². The van der Waals surface area contributed by atoms with Gasteiger partial charge in [0.25, 0.3) is 0 Å². The fourth-order valence-electron chi connectivity index (χ4n) is 0.972. The number of aliphatic hydroxyl groups excluding tert-OH is 1. The van der Waals surface area contributed by atoms with Crippen LogP contribution >= 0.6 is 0 Å². The van der Waals surface area contributed by atoms with E-state index in [0.29, 0.717) is 0 Å². The molecule has 0 aromatic carbocycles. The van der Waals surface area contributed by atoms with Gasteiger partial charge >= 0.3 is 0 Å². The van der Waals surface area contributed by atoms with Crippen molar-refractivity contribution in [2.24, 2.45) is 0 Å². The fourth-order valence-corrected chi connectivity index (χ4v) is 0.972. The van der Waals surface area contributed by atoms with Crippen molar-refractivity contribution in [2.75, 3.05) is 0 Å². The lowest BCUT2D eigenvalue weighted by atomic mass is 10.2. The standard InChI is InChI=1S/C9H11N3O2/c1-3-5-7(13)9-11-10-6-12(9)8(14)4-2/h3-4,6,8,14H,1-2,5H2. The molecule has 1 atom stereocenters. The summed E-state index contributed by atoms with van der Waals surface area (Å²) in [5.41, 5.74) is 0. The van der Waals surface area contributed by atoms with E-state index in [2.05, 4.69) is 23.4 Å². The predicted octanol–water partition coefficient (Wildman–Crippen LogP) is 0.714. The Bertz CT molecular complexity index is 357. The van der Waals surface area contributed by atoms with Crippen LogP contribution in [0.5, 0.6) is 0 Å². The number of aliphatic hydroxyl groups is 1. The van der Waals surface area contributed by atoms with E-state index in [9.17, 15) is 9.90 Å². The van der Waals surface area contributed by atoms with Crippen LogP contribution in [0.25, 0.3) is 0 Å². The Kier molecular flexibility index (Phi) is 3.30. The zero-order valence-corrected chi connectivity index (χ0v) is 7.63. The second kappa shape index (κ2) is 4.48. The number of aromatic nitrogens is 3. The van der Waals surface area contributed by atoms with Gasteiger partial charge in [0, 0.05) is 6.42 Å². The van der Waals surface area contributed by atoms with E-state index >= 15 is 0 Å². The van der Waals surface area contributed by atoms with Crippen molar-refractivity contribution < 1.29 is 9.90 Å². The molecule has 0 saturated carbocycles. The van der Waals surface area contributed by atoms with E-state index in [1.165, 1.54) is 23.0 Å². The molecule has 74 valence electrons. The van der Waals surface area contributed by atoms with Crippen molar-refractivity contribution in [3.05, 3.63) is 37.5 Å². The summed E-state index contributed by atoms with van der Waals surface area (Å²) in [4.78, 5) is 11.4. The molecule has 1 aromatic rings. The lowest BCUT2D eigenvalue weighted by Gasteiger charge is -2.07. The molecule has 14 heavy (non-hydrogen) atoms. The number of Topliss-reactive ketones (excluding diaryl/α,β-unsaturated/α-hetero) is 1. The minimum atomic E-state index is -0.978. The molecule has 1 unspecified atom stereocenters. The number of hydrogen-bond acceptors (Lipinski definition) is 4. The second-order valence-electron chi connectivity index (χ2n) is 2.63. The number of carbonyl (C=O) groups is 1. The average Bonchev–Trinajstić information content (AvgIpc) is 2.65. The molecule has 0 saturated heterocycles. The maximum absolute atomic E-state index is 11.4. The highest BCUT2D eigenvalue weighted by atomic mass is 16.3. The van der Waals surface area contributed by atoms with Gasteiger partial charge in [0.1, 0.15) is 6.33 Å². The smallest absolute Gasteiger partial charge is 0.204 e. The van der Waals surface area contributed by atoms with E-state index in [1.807, 2.05) is 0 Å². The molecule has 5 heteroatoms. The second-order valence-corrected chi connectivity index (χ2v) is 2.63. The van der Waals surface area contributed by atoms with E-state index in [1.54, 1.807) is 0 Å². The quantitative estimate of drug-likeness (QED) is 0.552. The first-order valence-corrected chi connectivity index (χ1v) is 4.05. The van der Waals surface area contributed by atoms with Gasteiger partial charge in [0.05, 0.1) is 0 Å². The molecule has 0 amide bonds. The van der Waals surface area contributed by atoms with Gasteiger partial charge in [-0.2, -0.15) is 0 Å². The molecule has 0 fully saturated rings. The lowest BCUT2D eigenvalue weighted by Crippen LogP contribution is -2.13. The molecule has 0 aliphatic carbocycles. The highest BCUT2D eigenvalue weighted by molar-refractivity contribution is 5.93. The van der Waals surface area contributed by atoms with E-state index in [-0.39, 0.29) is 18.0 Å². The third kappa shape index (κ3) is 1.94. The van der Waals surface area contributed by atoms with Crippen LogP contribution in [0.4, 0.5) is 0 Å². The molecule has 0 bridgehead atoms. The molecular weight excluding hydrogens is 182 g/mol. The molecule has 1 rings (SSSR count). The molecule has 0 spiro atoms. The number of allylic oxidation sites excluding steroid dienone is 1. The number of ketones is 1. The van der Waals surface area contributed by atoms with Crippen LogP contribution in [0.15, 0.2) is 31.6 Å². The van der Waals surface area contributed by atoms with Crippen LogP contribution in [0.2, 0.25) is 0 Å². The summed E-state index contributed by atoms with van der Waals surface area (Å²) in [6.07, 6.45) is 3.23. The van der Waals surface area contributed by atoms with Gasteiger partial charge in [-0.25, -0.2) is 0 Å². The van der Waals surface area contributed by atoms with Crippen LogP contribution in [0.3, 0.4) is 0 Å². The Hall–Kier alpha value is -1.75. The zero-order valence-electron chi connectivity index (χ0n) is 7.63. The van der Waals surface area contributed by atoms with Gasteiger partial charge < -0.3 is 5.11 Å². The topological polar surface area (TPSA) is 68.0 Å². The third-order valence-electron chi connectivity index (χ3n) is 1.65. The molecule has 1 aromatic heterocycles. The first-order chi connectivity index (χ1) is 6.70. The number of carbonyl (C=O) groups excluding carboxylic acids is 1. The van der Waals surface area contributed by atoms with Crippen LogP contribution in [-0.2, 0) is 0 Å². The van der Waals surface area contributed by atoms with Crippen LogP contribution in [-0.4, -0.2) is 25.7 Å². The third-order valence-corrected chi connectivity index (χ3v) is 1.65. The van der Waals surface area contributed by atoms with Crippen LogP contribution in [0, 0.1) is 0 Å². The van der Waals surface area contributed by atoms with Gasteiger partial charge in [-0.15, -0.1) is 16.8 Å². The minimum Gasteiger partial charge on any atom is -0.369 e. The summed E-state index contributed by atoms with van der Waals surface area (Å²) in [6.45, 7) is 6.85. The summed E-state index contributed by atoms with van der Waals surface area (Å²) in [5, 5.41) is 16.6. The van der Waals surface area contributed by atoms with Gasteiger partial charge in [-0.1, -0.05) is 12.7 Å². The van der Waals surface area contributed by atoms with E-state index < -0.39 is 6.23 Å². The van der Waals surface area contributed by atoms with E-state index in [4.69, 9.17) is 0 Å². The van der Waals surface area contributed by atoms with Gasteiger partial charge in [-0.3, -0.25) is 9.36 Å². The Morgan fingerprint density at radius 3 is 3.00 bits per heavy atom. The van der Waals surface area contributed by atoms with Crippen LogP contribution < -0.4 is 0 Å². The monoisotopic (exact) mass is 193 g/mol. The summed E-state index contributed by atoms with van der Waals surface area (Å²) in [6, 6.07) is 0. The maximum atomic E-state index is 11.4. The van der Waals surface area contributed by atoms with Crippen molar-refractivity contribution in [3.8, 4) is 0 Å². The molecule has 1 heterocycles. The summed E-state index contributed by atoms with van der Waals surface area (Å²) in [7, 11) is 0. The molecular formula is C9H11N3O2. The van der Waals surface area contributed by atoms with Gasteiger partial charge in [0.2, 0.25) is 11.6 Å². The van der Waals surface area contributed by atoms with Gasteiger partial charge in [0.15, 0.2) is 6.23 Å². The largest absolute Gasteiger partial charge is 0.369 e. The lowest BCUT2D eigenvalue weighted by molar-refractivity contribution is 0.0952. The first kappa shape index (κ1) is 10.3. The normalized spacial score (nSPS) is 12.1.